The zero-order chi connectivity index (χ0) is 21.2. The van der Waals surface area contributed by atoms with Crippen molar-refractivity contribution >= 4 is 31.4 Å². The van der Waals surface area contributed by atoms with Crippen molar-refractivity contribution in [2.75, 3.05) is 27.9 Å². The quantitative estimate of drug-likeness (QED) is 0.746. The van der Waals surface area contributed by atoms with Crippen LogP contribution in [0.25, 0.3) is 0 Å². The minimum Gasteiger partial charge on any atom is -0.492 e. The molecule has 2 aromatic rings. The van der Waals surface area contributed by atoms with Crippen LogP contribution in [-0.2, 0) is 20.0 Å². The van der Waals surface area contributed by atoms with Crippen LogP contribution in [0.5, 0.6) is 5.75 Å². The summed E-state index contributed by atoms with van der Waals surface area (Å²) < 4.78 is 60.5. The summed E-state index contributed by atoms with van der Waals surface area (Å²) in [5, 5.41) is 0. The minimum atomic E-state index is -3.89. The van der Waals surface area contributed by atoms with Gasteiger partial charge in [-0.15, -0.1) is 0 Å². The van der Waals surface area contributed by atoms with Gasteiger partial charge in [-0.3, -0.25) is 9.03 Å². The number of rotatable bonds is 6. The van der Waals surface area contributed by atoms with Gasteiger partial charge in [0.05, 0.1) is 28.6 Å². The van der Waals surface area contributed by atoms with Crippen molar-refractivity contribution in [1.82, 2.24) is 0 Å². The second kappa shape index (κ2) is 8.23. The molecular formula is C20H26N2O5S2. The van der Waals surface area contributed by atoms with E-state index < -0.39 is 20.0 Å². The minimum absolute atomic E-state index is 0.112. The monoisotopic (exact) mass is 438 g/mol. The molecular weight excluding hydrogens is 412 g/mol. The molecule has 9 heteroatoms. The highest BCUT2D eigenvalue weighted by Gasteiger charge is 2.28. The van der Waals surface area contributed by atoms with Crippen LogP contribution in [0.3, 0.4) is 0 Å². The summed E-state index contributed by atoms with van der Waals surface area (Å²) in [7, 11) is -7.26. The van der Waals surface area contributed by atoms with Gasteiger partial charge >= 0.3 is 0 Å². The van der Waals surface area contributed by atoms with Crippen LogP contribution in [0.2, 0.25) is 0 Å². The SMILES string of the molecule is CCOc1ccccc1NS(=O)(=O)c1c(C)cc(N2CCCCS2(=O)=O)cc1C. The van der Waals surface area contributed by atoms with E-state index >= 15 is 0 Å². The van der Waals surface area contributed by atoms with E-state index in [0.29, 0.717) is 47.8 Å². The summed E-state index contributed by atoms with van der Waals surface area (Å²) in [5.74, 6) is 0.561. The van der Waals surface area contributed by atoms with Gasteiger partial charge < -0.3 is 4.74 Å². The van der Waals surface area contributed by atoms with Crippen molar-refractivity contribution in [3.63, 3.8) is 0 Å². The number of ether oxygens (including phenoxy) is 1. The third-order valence-electron chi connectivity index (χ3n) is 4.78. The lowest BCUT2D eigenvalue weighted by atomic mass is 10.1. The Morgan fingerprint density at radius 2 is 1.76 bits per heavy atom. The Morgan fingerprint density at radius 3 is 2.38 bits per heavy atom. The lowest BCUT2D eigenvalue weighted by Crippen LogP contribution is -2.38. The van der Waals surface area contributed by atoms with Crippen molar-refractivity contribution in [1.29, 1.82) is 0 Å². The number of sulfonamides is 2. The highest BCUT2D eigenvalue weighted by atomic mass is 32.2. The van der Waals surface area contributed by atoms with E-state index in [0.717, 1.165) is 6.42 Å². The first-order valence-corrected chi connectivity index (χ1v) is 12.6. The van der Waals surface area contributed by atoms with Crippen LogP contribution in [0.4, 0.5) is 11.4 Å². The smallest absolute Gasteiger partial charge is 0.262 e. The Hall–Kier alpha value is -2.26. The van der Waals surface area contributed by atoms with Crippen LogP contribution in [0, 0.1) is 13.8 Å². The Balaban J connectivity index is 1.99. The van der Waals surface area contributed by atoms with Gasteiger partial charge in [-0.1, -0.05) is 12.1 Å². The fourth-order valence-electron chi connectivity index (χ4n) is 3.60. The second-order valence-corrected chi connectivity index (χ2v) is 10.7. The van der Waals surface area contributed by atoms with E-state index in [1.54, 1.807) is 50.2 Å². The van der Waals surface area contributed by atoms with E-state index in [9.17, 15) is 16.8 Å². The van der Waals surface area contributed by atoms with E-state index in [2.05, 4.69) is 4.72 Å². The summed E-state index contributed by atoms with van der Waals surface area (Å²) in [6, 6.07) is 10.1. The predicted octanol–water partition coefficient (Wildman–Crippen LogP) is 3.43. The normalized spacial score (nSPS) is 16.4. The first kappa shape index (κ1) is 21.4. The number of benzene rings is 2. The van der Waals surface area contributed by atoms with Crippen molar-refractivity contribution in [2.24, 2.45) is 0 Å². The van der Waals surface area contributed by atoms with Gasteiger partial charge in [0.1, 0.15) is 5.75 Å². The Morgan fingerprint density at radius 1 is 1.10 bits per heavy atom. The van der Waals surface area contributed by atoms with Crippen LogP contribution >= 0.6 is 0 Å². The van der Waals surface area contributed by atoms with Gasteiger partial charge in [0, 0.05) is 6.54 Å². The third-order valence-corrected chi connectivity index (χ3v) is 8.32. The molecule has 1 aliphatic heterocycles. The fourth-order valence-corrected chi connectivity index (χ4v) is 6.75. The molecule has 2 aromatic carbocycles. The number of nitrogens with zero attached hydrogens (tertiary/aromatic N) is 1. The lowest BCUT2D eigenvalue weighted by molar-refractivity contribution is 0.342. The molecule has 7 nitrogen and oxygen atoms in total. The maximum Gasteiger partial charge on any atom is 0.262 e. The topological polar surface area (TPSA) is 92.8 Å². The first-order chi connectivity index (χ1) is 13.7. The van der Waals surface area contributed by atoms with Crippen LogP contribution in [-0.4, -0.2) is 35.7 Å². The molecule has 1 saturated heterocycles. The van der Waals surface area contributed by atoms with Crippen molar-refractivity contribution in [2.45, 2.75) is 38.5 Å². The molecule has 0 aliphatic carbocycles. The molecule has 0 unspecified atom stereocenters. The summed E-state index contributed by atoms with van der Waals surface area (Å²) in [5.41, 5.74) is 1.84. The Labute approximate surface area is 172 Å². The Kier molecular flexibility index (Phi) is 6.09. The van der Waals surface area contributed by atoms with Gasteiger partial charge in [0.25, 0.3) is 10.0 Å². The number of anilines is 2. The maximum atomic E-state index is 13.1. The fraction of sp³-hybridized carbons (Fsp3) is 0.400. The molecule has 1 aliphatic rings. The predicted molar refractivity (Wildman–Crippen MR) is 115 cm³/mol. The number of hydrogen-bond acceptors (Lipinski definition) is 5. The molecule has 1 fully saturated rings. The van der Waals surface area contributed by atoms with Crippen molar-refractivity contribution in [3.05, 3.63) is 47.5 Å². The van der Waals surface area contributed by atoms with Gasteiger partial charge in [0.2, 0.25) is 10.0 Å². The Bertz CT molecular complexity index is 1090. The average molecular weight is 439 g/mol. The third kappa shape index (κ3) is 4.51. The number of hydrogen-bond donors (Lipinski definition) is 1. The summed E-state index contributed by atoms with van der Waals surface area (Å²) in [6.07, 6.45) is 1.43. The van der Waals surface area contributed by atoms with Gasteiger partial charge in [-0.25, -0.2) is 16.8 Å². The number of aryl methyl sites for hydroxylation is 2. The summed E-state index contributed by atoms with van der Waals surface area (Å²) in [4.78, 5) is 0.141. The molecule has 0 atom stereocenters. The molecule has 0 aromatic heterocycles. The molecule has 1 heterocycles. The molecule has 158 valence electrons. The molecule has 1 N–H and O–H groups in total. The number of para-hydroxylation sites is 2. The maximum absolute atomic E-state index is 13.1. The van der Waals surface area contributed by atoms with E-state index in [4.69, 9.17) is 4.74 Å². The van der Waals surface area contributed by atoms with E-state index in [-0.39, 0.29) is 10.6 Å². The second-order valence-electron chi connectivity index (χ2n) is 7.04. The molecule has 0 bridgehead atoms. The largest absolute Gasteiger partial charge is 0.492 e. The highest BCUT2D eigenvalue weighted by molar-refractivity contribution is 7.93. The molecule has 0 spiro atoms. The standard InChI is InChI=1S/C20H26N2O5S2/c1-4-27-19-10-6-5-9-18(19)21-29(25,26)20-15(2)13-17(14-16(20)3)22-11-7-8-12-28(22,23)24/h5-6,9-10,13-14,21H,4,7-8,11-12H2,1-3H3. The van der Waals surface area contributed by atoms with E-state index in [1.165, 1.54) is 4.31 Å². The van der Waals surface area contributed by atoms with Gasteiger partial charge in [-0.2, -0.15) is 0 Å². The van der Waals surface area contributed by atoms with Crippen molar-refractivity contribution < 1.29 is 21.6 Å². The lowest BCUT2D eigenvalue weighted by Gasteiger charge is -2.29. The van der Waals surface area contributed by atoms with Gasteiger partial charge in [0.15, 0.2) is 0 Å². The van der Waals surface area contributed by atoms with Gasteiger partial charge in [-0.05, 0) is 69.0 Å². The zero-order valence-corrected chi connectivity index (χ0v) is 18.4. The average Bonchev–Trinajstić information content (AvgIpc) is 2.62. The molecule has 0 radical (unpaired) electrons. The highest BCUT2D eigenvalue weighted by Crippen LogP contribution is 2.32. The number of nitrogens with one attached hydrogen (secondary N) is 1. The molecule has 0 saturated carbocycles. The molecule has 0 amide bonds. The van der Waals surface area contributed by atoms with Crippen LogP contribution < -0.4 is 13.8 Å². The first-order valence-electron chi connectivity index (χ1n) is 9.52. The van der Waals surface area contributed by atoms with Crippen LogP contribution in [0.15, 0.2) is 41.3 Å². The van der Waals surface area contributed by atoms with E-state index in [1.807, 2.05) is 6.92 Å². The van der Waals surface area contributed by atoms with Crippen LogP contribution in [0.1, 0.15) is 30.9 Å². The van der Waals surface area contributed by atoms with Crippen molar-refractivity contribution in [3.8, 4) is 5.75 Å². The summed E-state index contributed by atoms with van der Waals surface area (Å²) >= 11 is 0. The zero-order valence-electron chi connectivity index (χ0n) is 16.8. The molecule has 3 rings (SSSR count). The molecule has 29 heavy (non-hydrogen) atoms. The summed E-state index contributed by atoms with van der Waals surface area (Å²) in [6.45, 7) is 6.00.